The number of aliphatic imine (C=N–C) groups is 1. The van der Waals surface area contributed by atoms with Crippen LogP contribution in [0.25, 0.3) is 0 Å². The van der Waals surface area contributed by atoms with Gasteiger partial charge in [0, 0.05) is 35.3 Å². The fourth-order valence-electron chi connectivity index (χ4n) is 2.86. The number of nitrogens with zero attached hydrogens (tertiary/aromatic N) is 2. The highest BCUT2D eigenvalue weighted by molar-refractivity contribution is 8.14. The van der Waals surface area contributed by atoms with E-state index in [4.69, 9.17) is 4.99 Å². The van der Waals surface area contributed by atoms with E-state index in [2.05, 4.69) is 15.7 Å². The molecule has 0 aromatic carbocycles. The SMILES string of the molecule is Cc1csc(CCN=C2NC3(CCCCC3)CS2)n1. The van der Waals surface area contributed by atoms with E-state index < -0.39 is 0 Å². The van der Waals surface area contributed by atoms with Crippen LogP contribution in [-0.4, -0.2) is 28.0 Å². The van der Waals surface area contributed by atoms with Crippen molar-refractivity contribution in [3.63, 3.8) is 0 Å². The summed E-state index contributed by atoms with van der Waals surface area (Å²) in [5.41, 5.74) is 1.50. The number of hydrogen-bond acceptors (Lipinski definition) is 4. The molecule has 2 fully saturated rings. The highest BCUT2D eigenvalue weighted by Crippen LogP contribution is 2.36. The van der Waals surface area contributed by atoms with Crippen LogP contribution in [0.4, 0.5) is 0 Å². The molecule has 1 aliphatic heterocycles. The zero-order valence-electron chi connectivity index (χ0n) is 11.4. The summed E-state index contributed by atoms with van der Waals surface area (Å²) in [6.45, 7) is 2.91. The van der Waals surface area contributed by atoms with E-state index in [0.717, 1.165) is 23.8 Å². The Balaban J connectivity index is 1.51. The fraction of sp³-hybridized carbons (Fsp3) is 0.714. The Bertz CT molecular complexity index is 461. The van der Waals surface area contributed by atoms with Crippen molar-refractivity contribution in [3.8, 4) is 0 Å². The maximum atomic E-state index is 4.71. The minimum atomic E-state index is 0.375. The zero-order valence-corrected chi connectivity index (χ0v) is 13.1. The van der Waals surface area contributed by atoms with Crippen molar-refractivity contribution in [1.29, 1.82) is 0 Å². The summed E-state index contributed by atoms with van der Waals surface area (Å²) in [7, 11) is 0. The number of amidine groups is 1. The molecule has 104 valence electrons. The molecule has 1 N–H and O–H groups in total. The predicted molar refractivity (Wildman–Crippen MR) is 84.3 cm³/mol. The molecule has 1 saturated heterocycles. The highest BCUT2D eigenvalue weighted by atomic mass is 32.2. The molecule has 3 nitrogen and oxygen atoms in total. The molecule has 1 aliphatic carbocycles. The maximum Gasteiger partial charge on any atom is 0.157 e. The third-order valence-electron chi connectivity index (χ3n) is 3.92. The lowest BCUT2D eigenvalue weighted by atomic mass is 9.83. The average molecular weight is 295 g/mol. The van der Waals surface area contributed by atoms with E-state index in [1.54, 1.807) is 11.3 Å². The van der Waals surface area contributed by atoms with E-state index >= 15 is 0 Å². The van der Waals surface area contributed by atoms with E-state index in [-0.39, 0.29) is 0 Å². The predicted octanol–water partition coefficient (Wildman–Crippen LogP) is 3.39. The van der Waals surface area contributed by atoms with Gasteiger partial charge in [-0.1, -0.05) is 31.0 Å². The zero-order chi connectivity index (χ0) is 13.1. The second-order valence-corrected chi connectivity index (χ2v) is 7.48. The van der Waals surface area contributed by atoms with Gasteiger partial charge < -0.3 is 5.32 Å². The van der Waals surface area contributed by atoms with Gasteiger partial charge in [-0.25, -0.2) is 4.98 Å². The summed E-state index contributed by atoms with van der Waals surface area (Å²) in [6, 6.07) is 0. The molecule has 0 unspecified atom stereocenters. The van der Waals surface area contributed by atoms with Crippen molar-refractivity contribution in [1.82, 2.24) is 10.3 Å². The normalized spacial score (nSPS) is 23.9. The van der Waals surface area contributed by atoms with Gasteiger partial charge in [-0.15, -0.1) is 11.3 Å². The molecule has 5 heteroatoms. The average Bonchev–Trinajstić information content (AvgIpc) is 2.99. The Hall–Kier alpha value is -0.550. The topological polar surface area (TPSA) is 37.3 Å². The molecule has 1 spiro atoms. The molecule has 3 rings (SSSR count). The Morgan fingerprint density at radius 1 is 1.37 bits per heavy atom. The Kier molecular flexibility index (Phi) is 4.12. The number of thiazole rings is 1. The minimum Gasteiger partial charge on any atom is -0.359 e. The molecule has 0 bridgehead atoms. The molecular formula is C14H21N3S2. The first-order valence-electron chi connectivity index (χ1n) is 7.12. The molecule has 0 atom stereocenters. The highest BCUT2D eigenvalue weighted by Gasteiger charge is 2.37. The van der Waals surface area contributed by atoms with Gasteiger partial charge >= 0.3 is 0 Å². The number of rotatable bonds is 3. The molecule has 1 aromatic rings. The maximum absolute atomic E-state index is 4.71. The lowest BCUT2D eigenvalue weighted by molar-refractivity contribution is 0.303. The van der Waals surface area contributed by atoms with Crippen molar-refractivity contribution in [2.45, 2.75) is 51.0 Å². The van der Waals surface area contributed by atoms with E-state index in [1.807, 2.05) is 18.7 Å². The Morgan fingerprint density at radius 3 is 2.95 bits per heavy atom. The first-order chi connectivity index (χ1) is 9.26. The summed E-state index contributed by atoms with van der Waals surface area (Å²) in [4.78, 5) is 9.19. The molecule has 19 heavy (non-hydrogen) atoms. The molecule has 2 heterocycles. The van der Waals surface area contributed by atoms with E-state index in [9.17, 15) is 0 Å². The summed E-state index contributed by atoms with van der Waals surface area (Å²) in [5, 5.41) is 8.17. The second-order valence-electron chi connectivity index (χ2n) is 5.57. The summed E-state index contributed by atoms with van der Waals surface area (Å²) in [5.74, 6) is 1.21. The lowest BCUT2D eigenvalue weighted by Crippen LogP contribution is -2.45. The van der Waals surface area contributed by atoms with Gasteiger partial charge in [0.05, 0.1) is 5.01 Å². The summed E-state index contributed by atoms with van der Waals surface area (Å²) >= 11 is 3.66. The Morgan fingerprint density at radius 2 is 2.21 bits per heavy atom. The second kappa shape index (κ2) is 5.83. The summed E-state index contributed by atoms with van der Waals surface area (Å²) < 4.78 is 0. The smallest absolute Gasteiger partial charge is 0.157 e. The molecule has 1 aromatic heterocycles. The first kappa shape index (κ1) is 13.4. The third-order valence-corrected chi connectivity index (χ3v) is 6.14. The van der Waals surface area contributed by atoms with Crippen molar-refractivity contribution >= 4 is 28.3 Å². The standard InChI is InChI=1S/C14H21N3S2/c1-11-9-18-12(16-11)5-8-15-13-17-14(10-19-13)6-3-2-4-7-14/h9H,2-8,10H2,1H3,(H,15,17). The van der Waals surface area contributed by atoms with Gasteiger partial charge in [0.2, 0.25) is 0 Å². The van der Waals surface area contributed by atoms with Gasteiger partial charge in [-0.3, -0.25) is 4.99 Å². The number of nitrogens with one attached hydrogen (secondary N) is 1. The third kappa shape index (κ3) is 3.31. The minimum absolute atomic E-state index is 0.375. The van der Waals surface area contributed by atoms with Crippen LogP contribution in [0.2, 0.25) is 0 Å². The first-order valence-corrected chi connectivity index (χ1v) is 8.99. The van der Waals surface area contributed by atoms with Crippen LogP contribution in [0, 0.1) is 6.92 Å². The largest absolute Gasteiger partial charge is 0.359 e. The molecule has 1 saturated carbocycles. The van der Waals surface area contributed by atoms with E-state index in [0.29, 0.717) is 5.54 Å². The van der Waals surface area contributed by atoms with Crippen LogP contribution in [0.3, 0.4) is 0 Å². The van der Waals surface area contributed by atoms with Crippen molar-refractivity contribution in [3.05, 3.63) is 16.1 Å². The van der Waals surface area contributed by atoms with E-state index in [1.165, 1.54) is 42.9 Å². The van der Waals surface area contributed by atoms with Crippen LogP contribution >= 0.6 is 23.1 Å². The molecule has 2 aliphatic rings. The quantitative estimate of drug-likeness (QED) is 0.929. The number of thioether (sulfide) groups is 1. The van der Waals surface area contributed by atoms with Gasteiger partial charge in [-0.2, -0.15) is 0 Å². The van der Waals surface area contributed by atoms with Gasteiger partial charge in [-0.05, 0) is 19.8 Å². The van der Waals surface area contributed by atoms with Crippen LogP contribution in [-0.2, 0) is 6.42 Å². The number of aryl methyl sites for hydroxylation is 1. The van der Waals surface area contributed by atoms with Crippen LogP contribution in [0.5, 0.6) is 0 Å². The van der Waals surface area contributed by atoms with Crippen LogP contribution < -0.4 is 5.32 Å². The lowest BCUT2D eigenvalue weighted by Gasteiger charge is -2.32. The van der Waals surface area contributed by atoms with Crippen LogP contribution in [0.15, 0.2) is 10.4 Å². The number of hydrogen-bond donors (Lipinski definition) is 1. The van der Waals surface area contributed by atoms with Crippen molar-refractivity contribution < 1.29 is 0 Å². The van der Waals surface area contributed by atoms with Crippen LogP contribution in [0.1, 0.15) is 42.8 Å². The van der Waals surface area contributed by atoms with Crippen molar-refractivity contribution in [2.24, 2.45) is 4.99 Å². The molecule has 0 radical (unpaired) electrons. The summed E-state index contributed by atoms with van der Waals surface area (Å²) in [6.07, 6.45) is 7.77. The number of aromatic nitrogens is 1. The Labute approximate surface area is 123 Å². The van der Waals surface area contributed by atoms with Gasteiger partial charge in [0.1, 0.15) is 0 Å². The van der Waals surface area contributed by atoms with Crippen molar-refractivity contribution in [2.75, 3.05) is 12.3 Å². The fourth-order valence-corrected chi connectivity index (χ4v) is 4.87. The molecular weight excluding hydrogens is 274 g/mol. The van der Waals surface area contributed by atoms with Gasteiger partial charge in [0.15, 0.2) is 5.17 Å². The van der Waals surface area contributed by atoms with Gasteiger partial charge in [0.25, 0.3) is 0 Å². The monoisotopic (exact) mass is 295 g/mol. The molecule has 0 amide bonds.